The molecule has 1 fully saturated rings. The Morgan fingerprint density at radius 3 is 2.65 bits per heavy atom. The van der Waals surface area contributed by atoms with Crippen LogP contribution in [0.3, 0.4) is 0 Å². The average Bonchev–Trinajstić information content (AvgIpc) is 2.50. The quantitative estimate of drug-likeness (QED) is 0.873. The summed E-state index contributed by atoms with van der Waals surface area (Å²) in [5.41, 5.74) is 1.14. The number of ether oxygens (including phenoxy) is 1. The molecule has 0 aliphatic carbocycles. The first kappa shape index (κ1) is 13.4. The third-order valence-electron chi connectivity index (χ3n) is 3.34. The Morgan fingerprint density at radius 1 is 1.00 bits per heavy atom. The fraction of sp³-hybridized carbons (Fsp3) is 0.294. The number of rotatable bonds is 4. The minimum absolute atomic E-state index is 0.584. The topological polar surface area (TPSA) is 21.3 Å². The first-order valence-corrected chi connectivity index (χ1v) is 8.23. The summed E-state index contributed by atoms with van der Waals surface area (Å²) < 4.78 is 5.86. The monoisotopic (exact) mass is 285 g/mol. The second-order valence-electron chi connectivity index (χ2n) is 5.00. The van der Waals surface area contributed by atoms with Crippen LogP contribution in [0, 0.1) is 0 Å². The summed E-state index contributed by atoms with van der Waals surface area (Å²) in [7, 11) is 0. The second kappa shape index (κ2) is 6.71. The van der Waals surface area contributed by atoms with Crippen LogP contribution in [0.5, 0.6) is 11.5 Å². The van der Waals surface area contributed by atoms with Gasteiger partial charge in [-0.15, -0.1) is 0 Å². The summed E-state index contributed by atoms with van der Waals surface area (Å²) >= 11 is 2.04. The second-order valence-corrected chi connectivity index (χ2v) is 6.15. The minimum Gasteiger partial charge on any atom is -0.457 e. The van der Waals surface area contributed by atoms with Gasteiger partial charge in [0.05, 0.1) is 0 Å². The van der Waals surface area contributed by atoms with Crippen molar-refractivity contribution in [2.45, 2.75) is 18.9 Å². The molecule has 20 heavy (non-hydrogen) atoms. The van der Waals surface area contributed by atoms with Gasteiger partial charge in [0.2, 0.25) is 0 Å². The Morgan fingerprint density at radius 2 is 1.85 bits per heavy atom. The van der Waals surface area contributed by atoms with Gasteiger partial charge in [0.25, 0.3) is 0 Å². The van der Waals surface area contributed by atoms with Crippen LogP contribution in [0.25, 0.3) is 0 Å². The van der Waals surface area contributed by atoms with Crippen LogP contribution in [0.4, 0.5) is 5.69 Å². The van der Waals surface area contributed by atoms with Crippen molar-refractivity contribution in [1.29, 1.82) is 0 Å². The van der Waals surface area contributed by atoms with Crippen LogP contribution in [0.2, 0.25) is 0 Å². The van der Waals surface area contributed by atoms with Gasteiger partial charge in [0, 0.05) is 23.5 Å². The van der Waals surface area contributed by atoms with Gasteiger partial charge in [-0.2, -0.15) is 11.8 Å². The maximum absolute atomic E-state index is 5.86. The molecule has 1 heterocycles. The van der Waals surface area contributed by atoms with Crippen molar-refractivity contribution in [3.8, 4) is 11.5 Å². The molecule has 104 valence electrons. The summed E-state index contributed by atoms with van der Waals surface area (Å²) in [6.45, 7) is 0. The average molecular weight is 285 g/mol. The van der Waals surface area contributed by atoms with E-state index >= 15 is 0 Å². The SMILES string of the molecule is c1ccc(Oc2cccc(NC3CCCSC3)c2)cc1. The van der Waals surface area contributed by atoms with Crippen molar-refractivity contribution in [2.24, 2.45) is 0 Å². The fourth-order valence-electron chi connectivity index (χ4n) is 2.36. The molecule has 0 aromatic heterocycles. The number of thioether (sulfide) groups is 1. The van der Waals surface area contributed by atoms with Gasteiger partial charge in [-0.05, 0) is 42.9 Å². The van der Waals surface area contributed by atoms with E-state index < -0.39 is 0 Å². The van der Waals surface area contributed by atoms with E-state index in [1.807, 2.05) is 54.2 Å². The number of para-hydroxylation sites is 1. The molecule has 0 spiro atoms. The molecular formula is C17H19NOS. The van der Waals surface area contributed by atoms with Gasteiger partial charge in [0.15, 0.2) is 0 Å². The van der Waals surface area contributed by atoms with Crippen molar-refractivity contribution in [2.75, 3.05) is 16.8 Å². The van der Waals surface area contributed by atoms with Crippen LogP contribution < -0.4 is 10.1 Å². The number of hydrogen-bond acceptors (Lipinski definition) is 3. The van der Waals surface area contributed by atoms with Crippen molar-refractivity contribution in [3.63, 3.8) is 0 Å². The van der Waals surface area contributed by atoms with Crippen molar-refractivity contribution < 1.29 is 4.74 Å². The molecule has 1 atom stereocenters. The molecule has 2 aromatic rings. The Balaban J connectivity index is 1.66. The summed E-state index contributed by atoms with van der Waals surface area (Å²) in [6.07, 6.45) is 2.57. The van der Waals surface area contributed by atoms with E-state index in [1.54, 1.807) is 0 Å². The first-order valence-electron chi connectivity index (χ1n) is 7.07. The zero-order valence-electron chi connectivity index (χ0n) is 11.4. The largest absolute Gasteiger partial charge is 0.457 e. The van der Waals surface area contributed by atoms with Crippen molar-refractivity contribution >= 4 is 17.4 Å². The molecule has 2 aromatic carbocycles. The predicted molar refractivity (Wildman–Crippen MR) is 86.9 cm³/mol. The highest BCUT2D eigenvalue weighted by Crippen LogP contribution is 2.26. The van der Waals surface area contributed by atoms with Gasteiger partial charge in [-0.25, -0.2) is 0 Å². The molecule has 2 nitrogen and oxygen atoms in total. The van der Waals surface area contributed by atoms with Gasteiger partial charge in [0.1, 0.15) is 11.5 Å². The van der Waals surface area contributed by atoms with Crippen LogP contribution >= 0.6 is 11.8 Å². The Hall–Kier alpha value is -1.61. The maximum Gasteiger partial charge on any atom is 0.129 e. The predicted octanol–water partition coefficient (Wildman–Crippen LogP) is 4.79. The molecule has 1 aliphatic heterocycles. The zero-order valence-corrected chi connectivity index (χ0v) is 12.2. The lowest BCUT2D eigenvalue weighted by atomic mass is 10.1. The van der Waals surface area contributed by atoms with E-state index in [1.165, 1.54) is 24.3 Å². The number of nitrogens with one attached hydrogen (secondary N) is 1. The van der Waals surface area contributed by atoms with Crippen molar-refractivity contribution in [1.82, 2.24) is 0 Å². The molecule has 1 N–H and O–H groups in total. The van der Waals surface area contributed by atoms with Crippen molar-refractivity contribution in [3.05, 3.63) is 54.6 Å². The molecule has 3 rings (SSSR count). The van der Waals surface area contributed by atoms with Crippen LogP contribution in [0.1, 0.15) is 12.8 Å². The molecule has 0 bridgehead atoms. The molecule has 1 aliphatic rings. The number of benzene rings is 2. The van der Waals surface area contributed by atoms with E-state index in [-0.39, 0.29) is 0 Å². The third kappa shape index (κ3) is 3.70. The highest BCUT2D eigenvalue weighted by Gasteiger charge is 2.13. The van der Waals surface area contributed by atoms with E-state index in [9.17, 15) is 0 Å². The van der Waals surface area contributed by atoms with E-state index in [4.69, 9.17) is 4.74 Å². The summed E-state index contributed by atoms with van der Waals surface area (Å²) in [6, 6.07) is 18.7. The lowest BCUT2D eigenvalue weighted by Gasteiger charge is -2.23. The zero-order chi connectivity index (χ0) is 13.6. The van der Waals surface area contributed by atoms with Gasteiger partial charge >= 0.3 is 0 Å². The van der Waals surface area contributed by atoms with Gasteiger partial charge in [-0.1, -0.05) is 24.3 Å². The fourth-order valence-corrected chi connectivity index (χ4v) is 3.44. The molecule has 1 unspecified atom stereocenters. The van der Waals surface area contributed by atoms with E-state index in [0.29, 0.717) is 6.04 Å². The molecule has 0 radical (unpaired) electrons. The summed E-state index contributed by atoms with van der Waals surface area (Å²) in [5, 5.41) is 3.61. The summed E-state index contributed by atoms with van der Waals surface area (Å²) in [5.74, 6) is 4.25. The van der Waals surface area contributed by atoms with Gasteiger partial charge in [-0.3, -0.25) is 0 Å². The third-order valence-corrected chi connectivity index (χ3v) is 4.56. The van der Waals surface area contributed by atoms with E-state index in [2.05, 4.69) is 17.4 Å². The Labute approximate surface area is 124 Å². The lowest BCUT2D eigenvalue weighted by Crippen LogP contribution is -2.25. The Kier molecular flexibility index (Phi) is 4.49. The van der Waals surface area contributed by atoms with Crippen LogP contribution in [-0.4, -0.2) is 17.5 Å². The van der Waals surface area contributed by atoms with Crippen LogP contribution in [-0.2, 0) is 0 Å². The first-order chi connectivity index (χ1) is 9.90. The minimum atomic E-state index is 0.584. The molecular weight excluding hydrogens is 266 g/mol. The highest BCUT2D eigenvalue weighted by atomic mass is 32.2. The standard InChI is InChI=1S/C17H19NOS/c1-2-8-16(9-3-1)19-17-10-4-6-14(12-17)18-15-7-5-11-20-13-15/h1-4,6,8-10,12,15,18H,5,7,11,13H2. The van der Waals surface area contributed by atoms with Crippen LogP contribution in [0.15, 0.2) is 54.6 Å². The lowest BCUT2D eigenvalue weighted by molar-refractivity contribution is 0.483. The number of hydrogen-bond donors (Lipinski definition) is 1. The van der Waals surface area contributed by atoms with E-state index in [0.717, 1.165) is 17.2 Å². The highest BCUT2D eigenvalue weighted by molar-refractivity contribution is 7.99. The smallest absolute Gasteiger partial charge is 0.129 e. The van der Waals surface area contributed by atoms with Gasteiger partial charge < -0.3 is 10.1 Å². The summed E-state index contributed by atoms with van der Waals surface area (Å²) in [4.78, 5) is 0. The maximum atomic E-state index is 5.86. The Bertz CT molecular complexity index is 538. The normalized spacial score (nSPS) is 18.5. The molecule has 0 amide bonds. The molecule has 0 saturated carbocycles. The number of anilines is 1. The molecule has 3 heteroatoms. The molecule has 1 saturated heterocycles.